The molecule has 84 valence electrons. The highest BCUT2D eigenvalue weighted by molar-refractivity contribution is 6.17. The molecule has 3 rings (SSSR count). The monoisotopic (exact) mass is 243 g/mol. The molecule has 0 unspecified atom stereocenters. The first kappa shape index (κ1) is 10.3. The lowest BCUT2D eigenvalue weighted by atomic mass is 10.2. The number of benzene rings is 1. The van der Waals surface area contributed by atoms with Gasteiger partial charge in [-0.1, -0.05) is 18.2 Å². The van der Waals surface area contributed by atoms with Gasteiger partial charge in [-0.15, -0.1) is 11.6 Å². The lowest BCUT2D eigenvalue weighted by Gasteiger charge is -2.01. The lowest BCUT2D eigenvalue weighted by Crippen LogP contribution is -1.96. The first-order valence-corrected chi connectivity index (χ1v) is 5.86. The highest BCUT2D eigenvalue weighted by Crippen LogP contribution is 2.21. The van der Waals surface area contributed by atoms with Gasteiger partial charge in [0.1, 0.15) is 0 Å². The summed E-state index contributed by atoms with van der Waals surface area (Å²) in [4.78, 5) is 4.14. The maximum absolute atomic E-state index is 5.91. The van der Waals surface area contributed by atoms with Crippen molar-refractivity contribution in [3.05, 3.63) is 54.5 Å². The molecule has 0 aliphatic rings. The van der Waals surface area contributed by atoms with E-state index >= 15 is 0 Å². The Hall–Kier alpha value is -1.87. The molecule has 0 aliphatic heterocycles. The standard InChI is InChI=1S/C13H10ClN3/c14-8-12-11-6-7-15-9-13(11)17(16-12)10-4-2-1-3-5-10/h1-7,9H,8H2. The van der Waals surface area contributed by atoms with Gasteiger partial charge in [0.2, 0.25) is 0 Å². The Morgan fingerprint density at radius 3 is 2.71 bits per heavy atom. The molecule has 0 atom stereocenters. The van der Waals surface area contributed by atoms with Crippen LogP contribution in [0.4, 0.5) is 0 Å². The Balaban J connectivity index is 2.31. The van der Waals surface area contributed by atoms with Gasteiger partial charge in [0, 0.05) is 11.6 Å². The molecule has 0 aliphatic carbocycles. The van der Waals surface area contributed by atoms with Crippen LogP contribution in [-0.4, -0.2) is 14.8 Å². The third-order valence-corrected chi connectivity index (χ3v) is 2.94. The normalized spacial score (nSPS) is 10.9. The van der Waals surface area contributed by atoms with Crippen molar-refractivity contribution in [1.29, 1.82) is 0 Å². The summed E-state index contributed by atoms with van der Waals surface area (Å²) in [6.45, 7) is 0. The van der Waals surface area contributed by atoms with Crippen LogP contribution >= 0.6 is 11.6 Å². The van der Waals surface area contributed by atoms with Gasteiger partial charge >= 0.3 is 0 Å². The summed E-state index contributed by atoms with van der Waals surface area (Å²) in [5, 5.41) is 5.58. The predicted octanol–water partition coefficient (Wildman–Crippen LogP) is 3.16. The van der Waals surface area contributed by atoms with Crippen molar-refractivity contribution in [1.82, 2.24) is 14.8 Å². The minimum absolute atomic E-state index is 0.403. The summed E-state index contributed by atoms with van der Waals surface area (Å²) in [5.74, 6) is 0.403. The van der Waals surface area contributed by atoms with Gasteiger partial charge in [-0.05, 0) is 18.2 Å². The molecular formula is C13H10ClN3. The van der Waals surface area contributed by atoms with Crippen molar-refractivity contribution in [2.45, 2.75) is 5.88 Å². The largest absolute Gasteiger partial charge is 0.262 e. The fraction of sp³-hybridized carbons (Fsp3) is 0.0769. The van der Waals surface area contributed by atoms with Crippen molar-refractivity contribution < 1.29 is 0 Å². The third kappa shape index (κ3) is 1.68. The van der Waals surface area contributed by atoms with Crippen LogP contribution in [0.1, 0.15) is 5.69 Å². The van der Waals surface area contributed by atoms with Crippen LogP contribution in [0, 0.1) is 0 Å². The van der Waals surface area contributed by atoms with E-state index in [1.54, 1.807) is 6.20 Å². The fourth-order valence-corrected chi connectivity index (χ4v) is 2.09. The number of aromatic nitrogens is 3. The van der Waals surface area contributed by atoms with Crippen LogP contribution in [0.15, 0.2) is 48.8 Å². The Morgan fingerprint density at radius 2 is 1.94 bits per heavy atom. The molecule has 4 heteroatoms. The number of pyridine rings is 1. The van der Waals surface area contributed by atoms with E-state index < -0.39 is 0 Å². The number of rotatable bonds is 2. The molecule has 0 spiro atoms. The molecule has 3 aromatic rings. The number of halogens is 1. The smallest absolute Gasteiger partial charge is 0.0927 e. The van der Waals surface area contributed by atoms with Gasteiger partial charge in [-0.3, -0.25) is 4.98 Å². The summed E-state index contributed by atoms with van der Waals surface area (Å²) in [6.07, 6.45) is 3.57. The molecular weight excluding hydrogens is 234 g/mol. The van der Waals surface area contributed by atoms with E-state index in [1.165, 1.54) is 0 Å². The van der Waals surface area contributed by atoms with Crippen molar-refractivity contribution in [2.75, 3.05) is 0 Å². The quantitative estimate of drug-likeness (QED) is 0.648. The van der Waals surface area contributed by atoms with Crippen LogP contribution in [0.3, 0.4) is 0 Å². The molecule has 0 radical (unpaired) electrons. The molecule has 0 N–H and O–H groups in total. The van der Waals surface area contributed by atoms with Crippen LogP contribution in [-0.2, 0) is 5.88 Å². The maximum Gasteiger partial charge on any atom is 0.0927 e. The van der Waals surface area contributed by atoms with E-state index in [1.807, 2.05) is 47.3 Å². The van der Waals surface area contributed by atoms with Crippen LogP contribution in [0.5, 0.6) is 0 Å². The van der Waals surface area contributed by atoms with E-state index in [0.29, 0.717) is 5.88 Å². The van der Waals surface area contributed by atoms with Crippen molar-refractivity contribution in [2.24, 2.45) is 0 Å². The minimum Gasteiger partial charge on any atom is -0.262 e. The van der Waals surface area contributed by atoms with E-state index in [9.17, 15) is 0 Å². The van der Waals surface area contributed by atoms with Gasteiger partial charge in [0.25, 0.3) is 0 Å². The van der Waals surface area contributed by atoms with Crippen molar-refractivity contribution >= 4 is 22.5 Å². The minimum atomic E-state index is 0.403. The van der Waals surface area contributed by atoms with Crippen LogP contribution in [0.2, 0.25) is 0 Å². The molecule has 0 fully saturated rings. The highest BCUT2D eigenvalue weighted by Gasteiger charge is 2.10. The highest BCUT2D eigenvalue weighted by atomic mass is 35.5. The van der Waals surface area contributed by atoms with Crippen molar-refractivity contribution in [3.8, 4) is 5.69 Å². The zero-order valence-corrected chi connectivity index (χ0v) is 9.80. The summed E-state index contributed by atoms with van der Waals surface area (Å²) in [6, 6.07) is 11.9. The first-order valence-electron chi connectivity index (χ1n) is 5.33. The van der Waals surface area contributed by atoms with Crippen molar-refractivity contribution in [3.63, 3.8) is 0 Å². The third-order valence-electron chi connectivity index (χ3n) is 2.69. The van der Waals surface area contributed by atoms with Gasteiger partial charge in [-0.2, -0.15) is 5.10 Å². The molecule has 0 saturated heterocycles. The topological polar surface area (TPSA) is 30.7 Å². The van der Waals surface area contributed by atoms with Crippen LogP contribution < -0.4 is 0 Å². The average Bonchev–Trinajstić information content (AvgIpc) is 2.78. The number of alkyl halides is 1. The Bertz CT molecular complexity index is 646. The number of hydrogen-bond donors (Lipinski definition) is 0. The molecule has 0 saturated carbocycles. The molecule has 0 bridgehead atoms. The number of fused-ring (bicyclic) bond motifs is 1. The second-order valence-corrected chi connectivity index (χ2v) is 3.99. The van der Waals surface area contributed by atoms with Crippen LogP contribution in [0.25, 0.3) is 16.6 Å². The van der Waals surface area contributed by atoms with E-state index in [-0.39, 0.29) is 0 Å². The SMILES string of the molecule is ClCc1nn(-c2ccccc2)c2cnccc12. The summed E-state index contributed by atoms with van der Waals surface area (Å²) in [5.41, 5.74) is 2.88. The molecule has 2 heterocycles. The number of hydrogen-bond acceptors (Lipinski definition) is 2. The summed E-state index contributed by atoms with van der Waals surface area (Å²) < 4.78 is 1.88. The molecule has 0 amide bonds. The summed E-state index contributed by atoms with van der Waals surface area (Å²) in [7, 11) is 0. The maximum atomic E-state index is 5.91. The summed E-state index contributed by atoms with van der Waals surface area (Å²) >= 11 is 5.91. The van der Waals surface area contributed by atoms with Gasteiger partial charge in [0.15, 0.2) is 0 Å². The van der Waals surface area contributed by atoms with E-state index in [2.05, 4.69) is 10.1 Å². The Morgan fingerprint density at radius 1 is 1.12 bits per heavy atom. The molecule has 1 aromatic carbocycles. The zero-order chi connectivity index (χ0) is 11.7. The lowest BCUT2D eigenvalue weighted by molar-refractivity contribution is 0.883. The first-order chi connectivity index (χ1) is 8.40. The fourth-order valence-electron chi connectivity index (χ4n) is 1.89. The molecule has 17 heavy (non-hydrogen) atoms. The van der Waals surface area contributed by atoms with Gasteiger partial charge in [0.05, 0.1) is 29.0 Å². The number of nitrogens with zero attached hydrogens (tertiary/aromatic N) is 3. The van der Waals surface area contributed by atoms with Gasteiger partial charge in [-0.25, -0.2) is 4.68 Å². The van der Waals surface area contributed by atoms with E-state index in [0.717, 1.165) is 22.3 Å². The molecule has 3 nitrogen and oxygen atoms in total. The second kappa shape index (κ2) is 4.18. The second-order valence-electron chi connectivity index (χ2n) is 3.72. The predicted molar refractivity (Wildman–Crippen MR) is 68.4 cm³/mol. The Kier molecular flexibility index (Phi) is 2.53. The average molecular weight is 244 g/mol. The molecule has 2 aromatic heterocycles. The Labute approximate surface area is 104 Å². The van der Waals surface area contributed by atoms with E-state index in [4.69, 9.17) is 11.6 Å². The zero-order valence-electron chi connectivity index (χ0n) is 9.05. The number of para-hydroxylation sites is 1. The van der Waals surface area contributed by atoms with Gasteiger partial charge < -0.3 is 0 Å².